The van der Waals surface area contributed by atoms with E-state index in [-0.39, 0.29) is 5.78 Å². The van der Waals surface area contributed by atoms with Crippen molar-refractivity contribution in [3.63, 3.8) is 0 Å². The Morgan fingerprint density at radius 2 is 2.33 bits per heavy atom. The van der Waals surface area contributed by atoms with Gasteiger partial charge in [0, 0.05) is 36.3 Å². The molecule has 0 aliphatic carbocycles. The number of Topliss-reactive ketones (excluding diaryl/α,β-unsaturated/α-hetero) is 1. The van der Waals surface area contributed by atoms with E-state index in [0.717, 1.165) is 23.1 Å². The molecule has 0 saturated carbocycles. The molecule has 0 bridgehead atoms. The lowest BCUT2D eigenvalue weighted by atomic mass is 10.1. The number of hydrogen-bond acceptors (Lipinski definition) is 3. The van der Waals surface area contributed by atoms with Gasteiger partial charge in [0.15, 0.2) is 0 Å². The predicted molar refractivity (Wildman–Crippen MR) is 63.8 cm³/mol. The number of aromatic nitrogens is 1. The lowest BCUT2D eigenvalue weighted by molar-refractivity contribution is -0.118. The molecule has 4 heteroatoms. The van der Waals surface area contributed by atoms with Gasteiger partial charge in [-0.15, -0.1) is 0 Å². The quantitative estimate of drug-likeness (QED) is 0.804. The van der Waals surface area contributed by atoms with Crippen LogP contribution in [0.3, 0.4) is 0 Å². The highest BCUT2D eigenvalue weighted by molar-refractivity contribution is 9.10. The first-order valence-corrected chi connectivity index (χ1v) is 5.83. The molecule has 82 valence electrons. The number of halogens is 1. The van der Waals surface area contributed by atoms with Crippen molar-refractivity contribution in [2.45, 2.75) is 19.8 Å². The maximum absolute atomic E-state index is 11.5. The number of carbonyl (C=O) groups excluding carboxylic acids is 1. The summed E-state index contributed by atoms with van der Waals surface area (Å²) in [5.41, 5.74) is 0.964. The van der Waals surface area contributed by atoms with Gasteiger partial charge in [-0.25, -0.2) is 0 Å². The molecule has 0 radical (unpaired) electrons. The van der Waals surface area contributed by atoms with Gasteiger partial charge in [0.25, 0.3) is 0 Å². The van der Waals surface area contributed by atoms with Crippen molar-refractivity contribution >= 4 is 21.7 Å². The van der Waals surface area contributed by atoms with Gasteiger partial charge in [-0.3, -0.25) is 9.78 Å². The molecule has 15 heavy (non-hydrogen) atoms. The molecule has 0 aliphatic rings. The van der Waals surface area contributed by atoms with Crippen molar-refractivity contribution in [1.29, 1.82) is 0 Å². The topological polar surface area (TPSA) is 42.0 Å². The van der Waals surface area contributed by atoms with E-state index in [0.29, 0.717) is 12.8 Å². The highest BCUT2D eigenvalue weighted by atomic mass is 79.9. The molecule has 0 amide bonds. The van der Waals surface area contributed by atoms with Crippen molar-refractivity contribution in [2.24, 2.45) is 0 Å². The van der Waals surface area contributed by atoms with Crippen LogP contribution < -0.4 is 5.32 Å². The zero-order chi connectivity index (χ0) is 11.1. The summed E-state index contributed by atoms with van der Waals surface area (Å²) in [4.78, 5) is 15.5. The lowest BCUT2D eigenvalue weighted by Gasteiger charge is -2.02. The van der Waals surface area contributed by atoms with Crippen molar-refractivity contribution < 1.29 is 4.79 Å². The largest absolute Gasteiger partial charge is 0.317 e. The lowest BCUT2D eigenvalue weighted by Crippen LogP contribution is -2.18. The minimum absolute atomic E-state index is 0.246. The van der Waals surface area contributed by atoms with E-state index in [1.807, 2.05) is 13.0 Å². The Labute approximate surface area is 98.4 Å². The number of nitrogens with one attached hydrogen (secondary N) is 1. The maximum atomic E-state index is 11.5. The summed E-state index contributed by atoms with van der Waals surface area (Å²) >= 11 is 3.33. The summed E-state index contributed by atoms with van der Waals surface area (Å²) in [5.74, 6) is 0.246. The summed E-state index contributed by atoms with van der Waals surface area (Å²) in [6.07, 6.45) is 4.50. The minimum Gasteiger partial charge on any atom is -0.317 e. The number of rotatable bonds is 6. The van der Waals surface area contributed by atoms with Crippen LogP contribution in [0.15, 0.2) is 22.9 Å². The highest BCUT2D eigenvalue weighted by Crippen LogP contribution is 2.10. The third kappa shape index (κ3) is 5.04. The van der Waals surface area contributed by atoms with Crippen LogP contribution >= 0.6 is 15.9 Å². The Bertz CT molecular complexity index is 328. The van der Waals surface area contributed by atoms with E-state index in [9.17, 15) is 4.79 Å². The molecule has 0 atom stereocenters. The minimum atomic E-state index is 0.246. The van der Waals surface area contributed by atoms with E-state index >= 15 is 0 Å². The fourth-order valence-electron chi connectivity index (χ4n) is 1.27. The second-order valence-electron chi connectivity index (χ2n) is 3.33. The first-order chi connectivity index (χ1) is 7.22. The highest BCUT2D eigenvalue weighted by Gasteiger charge is 2.03. The zero-order valence-electron chi connectivity index (χ0n) is 8.79. The van der Waals surface area contributed by atoms with Gasteiger partial charge in [-0.05, 0) is 34.1 Å². The molecule has 0 spiro atoms. The average Bonchev–Trinajstić information content (AvgIpc) is 2.18. The molecule has 0 fully saturated rings. The molecular formula is C11H15BrN2O. The number of nitrogens with zero attached hydrogens (tertiary/aromatic N) is 1. The predicted octanol–water partition coefficient (Wildman–Crippen LogP) is 1.96. The standard InChI is InChI=1S/C11H15BrN2O/c1-2-13-4-3-11(15)6-9-5-10(12)8-14-7-9/h5,7-8,13H,2-4,6H2,1H3. The van der Waals surface area contributed by atoms with Crippen LogP contribution in [0, 0.1) is 0 Å². The van der Waals surface area contributed by atoms with E-state index in [1.165, 1.54) is 0 Å². The van der Waals surface area contributed by atoms with E-state index in [1.54, 1.807) is 12.4 Å². The Kier molecular flexibility index (Phi) is 5.50. The number of carbonyl (C=O) groups is 1. The Morgan fingerprint density at radius 1 is 1.53 bits per heavy atom. The van der Waals surface area contributed by atoms with Crippen molar-refractivity contribution in [2.75, 3.05) is 13.1 Å². The maximum Gasteiger partial charge on any atom is 0.138 e. The van der Waals surface area contributed by atoms with Crippen LogP contribution in [0.2, 0.25) is 0 Å². The second kappa shape index (κ2) is 6.69. The molecule has 1 aromatic heterocycles. The summed E-state index contributed by atoms with van der Waals surface area (Å²) in [5, 5.41) is 3.13. The van der Waals surface area contributed by atoms with Crippen LogP contribution in [0.25, 0.3) is 0 Å². The van der Waals surface area contributed by atoms with Crippen LogP contribution in [-0.4, -0.2) is 23.9 Å². The zero-order valence-corrected chi connectivity index (χ0v) is 10.4. The molecule has 0 saturated heterocycles. The molecule has 3 nitrogen and oxygen atoms in total. The summed E-state index contributed by atoms with van der Waals surface area (Å²) < 4.78 is 0.916. The van der Waals surface area contributed by atoms with Gasteiger partial charge in [0.05, 0.1) is 0 Å². The SMILES string of the molecule is CCNCCC(=O)Cc1cncc(Br)c1. The first-order valence-electron chi connectivity index (χ1n) is 5.04. The molecule has 1 rings (SSSR count). The molecule has 0 aromatic carbocycles. The summed E-state index contributed by atoms with van der Waals surface area (Å²) in [6, 6.07) is 1.93. The first kappa shape index (κ1) is 12.3. The van der Waals surface area contributed by atoms with Gasteiger partial charge in [0.2, 0.25) is 0 Å². The van der Waals surface area contributed by atoms with Gasteiger partial charge in [0.1, 0.15) is 5.78 Å². The normalized spacial score (nSPS) is 10.3. The average molecular weight is 271 g/mol. The van der Waals surface area contributed by atoms with E-state index in [2.05, 4.69) is 26.2 Å². The summed E-state index contributed by atoms with van der Waals surface area (Å²) in [6.45, 7) is 3.70. The van der Waals surface area contributed by atoms with E-state index < -0.39 is 0 Å². The van der Waals surface area contributed by atoms with Crippen molar-refractivity contribution in [3.05, 3.63) is 28.5 Å². The van der Waals surface area contributed by atoms with Crippen molar-refractivity contribution in [1.82, 2.24) is 10.3 Å². The van der Waals surface area contributed by atoms with Crippen molar-refractivity contribution in [3.8, 4) is 0 Å². The van der Waals surface area contributed by atoms with Gasteiger partial charge in [-0.1, -0.05) is 6.92 Å². The Balaban J connectivity index is 2.37. The molecule has 0 unspecified atom stereocenters. The van der Waals surface area contributed by atoms with Crippen LogP contribution in [0.1, 0.15) is 18.9 Å². The molecule has 1 N–H and O–H groups in total. The van der Waals surface area contributed by atoms with Crippen LogP contribution in [0.4, 0.5) is 0 Å². The van der Waals surface area contributed by atoms with Crippen LogP contribution in [-0.2, 0) is 11.2 Å². The van der Waals surface area contributed by atoms with Gasteiger partial charge >= 0.3 is 0 Å². The molecule has 1 aromatic rings. The third-order valence-electron chi connectivity index (χ3n) is 1.99. The Hall–Kier alpha value is -0.740. The fraction of sp³-hybridized carbons (Fsp3) is 0.455. The number of hydrogen-bond donors (Lipinski definition) is 1. The Morgan fingerprint density at radius 3 is 3.00 bits per heavy atom. The summed E-state index contributed by atoms with van der Waals surface area (Å²) in [7, 11) is 0. The second-order valence-corrected chi connectivity index (χ2v) is 4.25. The molecule has 0 aliphatic heterocycles. The smallest absolute Gasteiger partial charge is 0.138 e. The number of ketones is 1. The van der Waals surface area contributed by atoms with Gasteiger partial charge < -0.3 is 5.32 Å². The van der Waals surface area contributed by atoms with Crippen LogP contribution in [0.5, 0.6) is 0 Å². The van der Waals surface area contributed by atoms with E-state index in [4.69, 9.17) is 0 Å². The molecular weight excluding hydrogens is 256 g/mol. The van der Waals surface area contributed by atoms with Gasteiger partial charge in [-0.2, -0.15) is 0 Å². The monoisotopic (exact) mass is 270 g/mol. The number of pyridine rings is 1. The third-order valence-corrected chi connectivity index (χ3v) is 2.43. The fourth-order valence-corrected chi connectivity index (χ4v) is 1.69. The molecule has 1 heterocycles.